The van der Waals surface area contributed by atoms with Crippen molar-refractivity contribution < 1.29 is 23.1 Å². The number of benzene rings is 2. The van der Waals surface area contributed by atoms with Crippen LogP contribution in [0.15, 0.2) is 58.1 Å². The molecule has 1 aliphatic rings. The molecule has 0 unspecified atom stereocenters. The van der Waals surface area contributed by atoms with Crippen molar-refractivity contribution in [2.24, 2.45) is 5.10 Å². The highest BCUT2D eigenvalue weighted by Crippen LogP contribution is 2.42. The number of carbonyl (C=O) groups is 1. The van der Waals surface area contributed by atoms with Crippen LogP contribution < -0.4 is 0 Å². The summed E-state index contributed by atoms with van der Waals surface area (Å²) in [6.45, 7) is 0. The van der Waals surface area contributed by atoms with Gasteiger partial charge < -0.3 is 5.11 Å². The number of amides is 1. The molecule has 1 N–H and O–H groups in total. The molecule has 1 amide bonds. The van der Waals surface area contributed by atoms with Crippen LogP contribution in [0.25, 0.3) is 0 Å². The first-order chi connectivity index (χ1) is 12.1. The first kappa shape index (κ1) is 18.9. The van der Waals surface area contributed by atoms with Crippen LogP contribution in [0.3, 0.4) is 0 Å². The van der Waals surface area contributed by atoms with Crippen LogP contribution in [-0.4, -0.2) is 33.6 Å². The molecule has 0 radical (unpaired) electrons. The number of carbonyl (C=O) groups excluding carboxylic acids is 1. The number of hydrazone groups is 1. The lowest BCUT2D eigenvalue weighted by Gasteiger charge is -2.32. The summed E-state index contributed by atoms with van der Waals surface area (Å²) in [5, 5.41) is 14.5. The summed E-state index contributed by atoms with van der Waals surface area (Å²) < 4.78 is 41.4. The second-order valence-electron chi connectivity index (χ2n) is 5.67. The quantitative estimate of drug-likeness (QED) is 0.731. The highest BCUT2D eigenvalue weighted by Gasteiger charge is 2.63. The molecule has 0 aliphatic carbocycles. The molecule has 1 heterocycles. The van der Waals surface area contributed by atoms with Gasteiger partial charge in [0.2, 0.25) is 0 Å². The Kier molecular flexibility index (Phi) is 4.85. The summed E-state index contributed by atoms with van der Waals surface area (Å²) in [6, 6.07) is 11.7. The zero-order valence-electron chi connectivity index (χ0n) is 13.0. The molecule has 1 atom stereocenters. The molecule has 1 aliphatic heterocycles. The summed E-state index contributed by atoms with van der Waals surface area (Å²) in [5.74, 6) is -1.08. The molecule has 3 rings (SSSR count). The van der Waals surface area contributed by atoms with Crippen LogP contribution in [0.2, 0.25) is 5.02 Å². The van der Waals surface area contributed by atoms with E-state index in [1.807, 2.05) is 0 Å². The van der Waals surface area contributed by atoms with E-state index in [0.717, 1.165) is 4.47 Å². The molecule has 136 valence electrons. The van der Waals surface area contributed by atoms with E-state index in [4.69, 9.17) is 11.6 Å². The van der Waals surface area contributed by atoms with Gasteiger partial charge >= 0.3 is 6.18 Å². The second-order valence-corrected chi connectivity index (χ2v) is 7.02. The van der Waals surface area contributed by atoms with Crippen LogP contribution in [0.1, 0.15) is 22.3 Å². The van der Waals surface area contributed by atoms with E-state index in [9.17, 15) is 23.1 Å². The van der Waals surface area contributed by atoms with Crippen molar-refractivity contribution in [3.63, 3.8) is 0 Å². The average Bonchev–Trinajstić information content (AvgIpc) is 2.94. The maximum absolute atomic E-state index is 13.5. The van der Waals surface area contributed by atoms with Gasteiger partial charge in [-0.25, -0.2) is 0 Å². The predicted molar refractivity (Wildman–Crippen MR) is 93.9 cm³/mol. The van der Waals surface area contributed by atoms with Crippen molar-refractivity contribution in [2.75, 3.05) is 0 Å². The van der Waals surface area contributed by atoms with Gasteiger partial charge in [0.25, 0.3) is 11.6 Å². The molecular weight excluding hydrogens is 437 g/mol. The first-order valence-corrected chi connectivity index (χ1v) is 8.51. The maximum Gasteiger partial charge on any atom is 0.438 e. The molecular formula is C17H11BrClF3N2O2. The van der Waals surface area contributed by atoms with Crippen LogP contribution in [-0.2, 0) is 0 Å². The molecule has 0 saturated heterocycles. The fourth-order valence-electron chi connectivity index (χ4n) is 2.50. The Morgan fingerprint density at radius 1 is 1.15 bits per heavy atom. The Hall–Kier alpha value is -1.90. The van der Waals surface area contributed by atoms with E-state index in [1.165, 1.54) is 24.3 Å². The first-order valence-electron chi connectivity index (χ1n) is 7.34. The Morgan fingerprint density at radius 2 is 1.73 bits per heavy atom. The predicted octanol–water partition coefficient (Wildman–Crippen LogP) is 4.60. The largest absolute Gasteiger partial charge is 0.438 e. The summed E-state index contributed by atoms with van der Waals surface area (Å²) in [4.78, 5) is 12.6. The number of hydrogen-bond donors (Lipinski definition) is 1. The summed E-state index contributed by atoms with van der Waals surface area (Å²) >= 11 is 8.97. The fourth-order valence-corrected chi connectivity index (χ4v) is 2.89. The molecule has 2 aromatic carbocycles. The lowest BCUT2D eigenvalue weighted by molar-refractivity contribution is -0.297. The molecule has 0 aromatic heterocycles. The Bertz CT molecular complexity index is 869. The Morgan fingerprint density at radius 3 is 2.27 bits per heavy atom. The summed E-state index contributed by atoms with van der Waals surface area (Å²) in [5.41, 5.74) is -3.16. The zero-order chi connectivity index (χ0) is 19.1. The van der Waals surface area contributed by atoms with Gasteiger partial charge in [0.05, 0.1) is 12.1 Å². The van der Waals surface area contributed by atoms with Crippen molar-refractivity contribution in [3.8, 4) is 0 Å². The van der Waals surface area contributed by atoms with Gasteiger partial charge in [0.15, 0.2) is 0 Å². The number of hydrogen-bond acceptors (Lipinski definition) is 3. The number of nitrogens with zero attached hydrogens (tertiary/aromatic N) is 2. The lowest BCUT2D eigenvalue weighted by atomic mass is 10.0. The summed E-state index contributed by atoms with van der Waals surface area (Å²) in [7, 11) is 0. The van der Waals surface area contributed by atoms with Crippen LogP contribution in [0, 0.1) is 0 Å². The average molecular weight is 448 g/mol. The van der Waals surface area contributed by atoms with Crippen molar-refractivity contribution in [1.82, 2.24) is 5.01 Å². The van der Waals surface area contributed by atoms with E-state index >= 15 is 0 Å². The highest BCUT2D eigenvalue weighted by molar-refractivity contribution is 9.10. The second kappa shape index (κ2) is 6.68. The van der Waals surface area contributed by atoms with Crippen molar-refractivity contribution >= 4 is 39.1 Å². The van der Waals surface area contributed by atoms with Gasteiger partial charge in [0.1, 0.15) is 0 Å². The molecule has 0 fully saturated rings. The molecule has 0 saturated carbocycles. The highest BCUT2D eigenvalue weighted by atomic mass is 79.9. The van der Waals surface area contributed by atoms with E-state index in [2.05, 4.69) is 21.0 Å². The topological polar surface area (TPSA) is 52.9 Å². The van der Waals surface area contributed by atoms with Gasteiger partial charge in [-0.15, -0.1) is 0 Å². The van der Waals surface area contributed by atoms with Gasteiger partial charge in [-0.1, -0.05) is 39.7 Å². The van der Waals surface area contributed by atoms with Gasteiger partial charge in [0, 0.05) is 15.1 Å². The smallest absolute Gasteiger partial charge is 0.362 e. The van der Waals surface area contributed by atoms with E-state index in [0.29, 0.717) is 10.6 Å². The number of rotatable bonds is 2. The normalized spacial score (nSPS) is 20.2. The van der Waals surface area contributed by atoms with E-state index in [1.54, 1.807) is 24.3 Å². The molecule has 2 aromatic rings. The van der Waals surface area contributed by atoms with Crippen LogP contribution >= 0.6 is 27.5 Å². The fraction of sp³-hybridized carbons (Fsp3) is 0.176. The molecule has 0 bridgehead atoms. The standard InChI is InChI=1S/C17H11BrClF3N2O2/c18-12-5-1-10(2-6-12)14-9-16(26,17(20,21)22)24(23-14)15(25)11-3-7-13(19)8-4-11/h1-8,26H,9H2/t16-/m1/s1. The third-order valence-electron chi connectivity index (χ3n) is 3.90. The lowest BCUT2D eigenvalue weighted by Crippen LogP contribution is -2.56. The van der Waals surface area contributed by atoms with Crippen molar-refractivity contribution in [1.29, 1.82) is 0 Å². The van der Waals surface area contributed by atoms with Gasteiger partial charge in [-0.3, -0.25) is 4.79 Å². The SMILES string of the molecule is O=C(c1ccc(Cl)cc1)N1N=C(c2ccc(Br)cc2)C[C@@]1(O)C(F)(F)F. The molecule has 4 nitrogen and oxygen atoms in total. The van der Waals surface area contributed by atoms with Crippen LogP contribution in [0.5, 0.6) is 0 Å². The summed E-state index contributed by atoms with van der Waals surface area (Å²) in [6.07, 6.45) is -5.95. The Labute approximate surface area is 160 Å². The van der Waals surface area contributed by atoms with Gasteiger partial charge in [-0.2, -0.15) is 23.3 Å². The maximum atomic E-state index is 13.5. The third kappa shape index (κ3) is 3.36. The minimum absolute atomic E-state index is 0.0420. The van der Waals surface area contributed by atoms with Gasteiger partial charge in [-0.05, 0) is 42.0 Å². The van der Waals surface area contributed by atoms with Crippen LogP contribution in [0.4, 0.5) is 13.2 Å². The molecule has 0 spiro atoms. The van der Waals surface area contributed by atoms with E-state index in [-0.39, 0.29) is 16.3 Å². The van der Waals surface area contributed by atoms with E-state index < -0.39 is 24.2 Å². The van der Waals surface area contributed by atoms with Crippen molar-refractivity contribution in [3.05, 3.63) is 69.2 Å². The zero-order valence-corrected chi connectivity index (χ0v) is 15.3. The van der Waals surface area contributed by atoms with Crippen molar-refractivity contribution in [2.45, 2.75) is 18.3 Å². The third-order valence-corrected chi connectivity index (χ3v) is 4.68. The Balaban J connectivity index is 2.03. The number of halogens is 5. The number of aliphatic hydroxyl groups is 1. The monoisotopic (exact) mass is 446 g/mol. The molecule has 9 heteroatoms. The number of alkyl halides is 3. The minimum atomic E-state index is -5.09. The molecule has 26 heavy (non-hydrogen) atoms. The minimum Gasteiger partial charge on any atom is -0.362 e.